The first-order valence-electron chi connectivity index (χ1n) is 5.65. The van der Waals surface area contributed by atoms with Crippen molar-refractivity contribution in [2.75, 3.05) is 11.1 Å². The van der Waals surface area contributed by atoms with Gasteiger partial charge in [0.15, 0.2) is 5.65 Å². The second-order valence-corrected chi connectivity index (χ2v) is 4.19. The Kier molecular flexibility index (Phi) is 2.37. The van der Waals surface area contributed by atoms with Crippen LogP contribution in [0.25, 0.3) is 5.65 Å². The Morgan fingerprint density at radius 2 is 1.94 bits per heavy atom. The highest BCUT2D eigenvalue weighted by Gasteiger charge is 2.04. The number of nitrogen functional groups attached to an aromatic ring is 1. The largest absolute Gasteiger partial charge is 0.399 e. The molecule has 0 saturated heterocycles. The zero-order chi connectivity index (χ0) is 12.5. The van der Waals surface area contributed by atoms with E-state index in [1.165, 1.54) is 0 Å². The highest BCUT2D eigenvalue weighted by atomic mass is 15.3. The third-order valence-electron chi connectivity index (χ3n) is 2.71. The van der Waals surface area contributed by atoms with Crippen LogP contribution in [0.4, 0.5) is 17.2 Å². The summed E-state index contributed by atoms with van der Waals surface area (Å²) in [4.78, 5) is 4.19. The Bertz CT molecular complexity index is 684. The molecule has 0 unspecified atom stereocenters. The fraction of sp³-hybridized carbons (Fsp3) is 0.0769. The van der Waals surface area contributed by atoms with E-state index in [2.05, 4.69) is 15.4 Å². The van der Waals surface area contributed by atoms with E-state index in [0.717, 1.165) is 28.4 Å². The van der Waals surface area contributed by atoms with E-state index in [1.807, 2.05) is 43.3 Å². The molecule has 0 aliphatic rings. The van der Waals surface area contributed by atoms with Gasteiger partial charge in [0.05, 0.1) is 0 Å². The molecule has 5 nitrogen and oxygen atoms in total. The number of aromatic nitrogens is 3. The summed E-state index contributed by atoms with van der Waals surface area (Å²) in [6.07, 6.45) is 1.54. The van der Waals surface area contributed by atoms with Crippen molar-refractivity contribution in [1.29, 1.82) is 0 Å². The number of hydrogen-bond acceptors (Lipinski definition) is 4. The number of rotatable bonds is 2. The topological polar surface area (TPSA) is 68.2 Å². The van der Waals surface area contributed by atoms with Crippen LogP contribution in [0.15, 0.2) is 42.7 Å². The second kappa shape index (κ2) is 4.03. The molecule has 18 heavy (non-hydrogen) atoms. The molecular formula is C13H13N5. The van der Waals surface area contributed by atoms with E-state index in [9.17, 15) is 0 Å². The van der Waals surface area contributed by atoms with Crippen LogP contribution < -0.4 is 11.1 Å². The molecule has 0 radical (unpaired) electrons. The molecular weight excluding hydrogens is 226 g/mol. The molecule has 2 aromatic heterocycles. The highest BCUT2D eigenvalue weighted by Crippen LogP contribution is 2.19. The lowest BCUT2D eigenvalue weighted by Crippen LogP contribution is -2.00. The Labute approximate surface area is 104 Å². The van der Waals surface area contributed by atoms with Gasteiger partial charge in [-0.15, -0.1) is 0 Å². The zero-order valence-corrected chi connectivity index (χ0v) is 9.96. The monoisotopic (exact) mass is 239 g/mol. The summed E-state index contributed by atoms with van der Waals surface area (Å²) < 4.78 is 1.77. The molecule has 3 rings (SSSR count). The van der Waals surface area contributed by atoms with Crippen LogP contribution in [0, 0.1) is 6.92 Å². The third-order valence-corrected chi connectivity index (χ3v) is 2.71. The van der Waals surface area contributed by atoms with Gasteiger partial charge in [0.25, 0.3) is 0 Å². The summed E-state index contributed by atoms with van der Waals surface area (Å²) in [5.41, 5.74) is 9.33. The van der Waals surface area contributed by atoms with E-state index in [-0.39, 0.29) is 0 Å². The van der Waals surface area contributed by atoms with Gasteiger partial charge >= 0.3 is 0 Å². The van der Waals surface area contributed by atoms with Crippen molar-refractivity contribution in [3.05, 3.63) is 48.3 Å². The van der Waals surface area contributed by atoms with Gasteiger partial charge in [0.2, 0.25) is 0 Å². The van der Waals surface area contributed by atoms with Crippen LogP contribution in [0.2, 0.25) is 0 Å². The number of nitrogens with one attached hydrogen (secondary N) is 1. The predicted octanol–water partition coefficient (Wildman–Crippen LogP) is 2.36. The summed E-state index contributed by atoms with van der Waals surface area (Å²) in [7, 11) is 0. The quantitative estimate of drug-likeness (QED) is 0.674. The Balaban J connectivity index is 2.03. The average molecular weight is 239 g/mol. The summed E-state index contributed by atoms with van der Waals surface area (Å²) in [6.45, 7) is 2.03. The molecule has 0 spiro atoms. The molecule has 0 saturated carbocycles. The number of nitrogens with two attached hydrogens (primary N) is 1. The second-order valence-electron chi connectivity index (χ2n) is 4.19. The van der Waals surface area contributed by atoms with E-state index in [4.69, 9.17) is 5.73 Å². The molecule has 0 atom stereocenters. The lowest BCUT2D eigenvalue weighted by Gasteiger charge is -2.09. The zero-order valence-electron chi connectivity index (χ0n) is 9.96. The van der Waals surface area contributed by atoms with Gasteiger partial charge in [0, 0.05) is 11.4 Å². The fourth-order valence-corrected chi connectivity index (χ4v) is 1.86. The summed E-state index contributed by atoms with van der Waals surface area (Å²) in [6, 6.07) is 11.6. The molecule has 0 amide bonds. The molecule has 3 aromatic rings. The smallest absolute Gasteiger partial charge is 0.157 e. The molecule has 0 fully saturated rings. The van der Waals surface area contributed by atoms with Crippen LogP contribution in [0.3, 0.4) is 0 Å². The maximum atomic E-state index is 5.66. The van der Waals surface area contributed by atoms with Gasteiger partial charge in [-0.05, 0) is 48.9 Å². The van der Waals surface area contributed by atoms with Gasteiger partial charge in [0.1, 0.15) is 12.1 Å². The number of nitrogens with zero attached hydrogens (tertiary/aromatic N) is 3. The first kappa shape index (κ1) is 10.6. The summed E-state index contributed by atoms with van der Waals surface area (Å²) >= 11 is 0. The van der Waals surface area contributed by atoms with E-state index < -0.39 is 0 Å². The van der Waals surface area contributed by atoms with Crippen LogP contribution >= 0.6 is 0 Å². The van der Waals surface area contributed by atoms with Gasteiger partial charge in [-0.3, -0.25) is 0 Å². The van der Waals surface area contributed by atoms with Crippen LogP contribution in [0.1, 0.15) is 5.56 Å². The number of anilines is 3. The van der Waals surface area contributed by atoms with Gasteiger partial charge in [-0.25, -0.2) is 4.98 Å². The third kappa shape index (κ3) is 1.86. The Hall–Kier alpha value is -2.56. The van der Waals surface area contributed by atoms with Crippen molar-refractivity contribution in [3.63, 3.8) is 0 Å². The summed E-state index contributed by atoms with van der Waals surface area (Å²) in [5.74, 6) is 0.882. The number of aryl methyl sites for hydroxylation is 1. The van der Waals surface area contributed by atoms with Crippen LogP contribution in [0.5, 0.6) is 0 Å². The summed E-state index contributed by atoms with van der Waals surface area (Å²) in [5, 5.41) is 7.50. The van der Waals surface area contributed by atoms with Crippen LogP contribution in [-0.4, -0.2) is 14.6 Å². The minimum atomic E-state index is 0.746. The average Bonchev–Trinajstić information content (AvgIpc) is 2.80. The van der Waals surface area contributed by atoms with Crippen molar-refractivity contribution in [1.82, 2.24) is 14.6 Å². The number of benzene rings is 1. The van der Waals surface area contributed by atoms with Gasteiger partial charge in [-0.2, -0.15) is 9.61 Å². The molecule has 0 aliphatic carbocycles. The normalized spacial score (nSPS) is 10.7. The van der Waals surface area contributed by atoms with Gasteiger partial charge < -0.3 is 11.1 Å². The molecule has 2 heterocycles. The minimum absolute atomic E-state index is 0.746. The predicted molar refractivity (Wildman–Crippen MR) is 71.9 cm³/mol. The van der Waals surface area contributed by atoms with Gasteiger partial charge in [-0.1, -0.05) is 0 Å². The van der Waals surface area contributed by atoms with E-state index in [0.29, 0.717) is 0 Å². The van der Waals surface area contributed by atoms with Crippen molar-refractivity contribution >= 4 is 22.8 Å². The number of pyridine rings is 1. The van der Waals surface area contributed by atoms with Crippen LogP contribution in [-0.2, 0) is 0 Å². The van der Waals surface area contributed by atoms with Crippen molar-refractivity contribution < 1.29 is 0 Å². The Morgan fingerprint density at radius 1 is 1.17 bits per heavy atom. The number of hydrogen-bond donors (Lipinski definition) is 2. The number of fused-ring (bicyclic) bond motifs is 1. The molecule has 0 aliphatic heterocycles. The first-order valence-corrected chi connectivity index (χ1v) is 5.65. The molecule has 90 valence electrons. The standard InChI is InChI=1S/C13H13N5/c1-9-6-12-15-8-16-18(12)13(7-9)17-11-4-2-10(14)3-5-11/h2-8,17H,14H2,1H3. The van der Waals surface area contributed by atoms with E-state index >= 15 is 0 Å². The highest BCUT2D eigenvalue weighted by molar-refractivity contribution is 5.62. The molecule has 5 heteroatoms. The molecule has 3 N–H and O–H groups in total. The SMILES string of the molecule is Cc1cc(Nc2ccc(N)cc2)n2ncnc2c1. The van der Waals surface area contributed by atoms with Crippen molar-refractivity contribution in [2.45, 2.75) is 6.92 Å². The minimum Gasteiger partial charge on any atom is -0.399 e. The first-order chi connectivity index (χ1) is 8.72. The van der Waals surface area contributed by atoms with E-state index in [1.54, 1.807) is 10.8 Å². The maximum Gasteiger partial charge on any atom is 0.157 e. The lowest BCUT2D eigenvalue weighted by atomic mass is 10.2. The van der Waals surface area contributed by atoms with Crippen molar-refractivity contribution in [2.24, 2.45) is 0 Å². The fourth-order valence-electron chi connectivity index (χ4n) is 1.86. The molecule has 1 aromatic carbocycles. The molecule has 0 bridgehead atoms. The lowest BCUT2D eigenvalue weighted by molar-refractivity contribution is 0.965. The van der Waals surface area contributed by atoms with Crippen molar-refractivity contribution in [3.8, 4) is 0 Å². The Morgan fingerprint density at radius 3 is 2.72 bits per heavy atom. The maximum absolute atomic E-state index is 5.66.